The van der Waals surface area contributed by atoms with Crippen molar-refractivity contribution in [3.63, 3.8) is 0 Å². The van der Waals surface area contributed by atoms with Crippen molar-refractivity contribution < 1.29 is 9.90 Å². The maximum Gasteiger partial charge on any atom is 0.304 e. The predicted molar refractivity (Wildman–Crippen MR) is 114 cm³/mol. The maximum absolute atomic E-state index is 11.2. The lowest BCUT2D eigenvalue weighted by Gasteiger charge is -2.24. The van der Waals surface area contributed by atoms with Gasteiger partial charge in [0, 0.05) is 30.0 Å². The van der Waals surface area contributed by atoms with Crippen LogP contribution in [-0.4, -0.2) is 21.0 Å². The van der Waals surface area contributed by atoms with E-state index < -0.39 is 5.97 Å². The van der Waals surface area contributed by atoms with E-state index in [-0.39, 0.29) is 12.3 Å². The van der Waals surface area contributed by atoms with Crippen LogP contribution in [0.4, 0.5) is 11.6 Å². The molecule has 1 aromatic heterocycles. The summed E-state index contributed by atoms with van der Waals surface area (Å²) in [5.74, 6) is -0.418. The first-order valence-corrected chi connectivity index (χ1v) is 9.76. The number of benzene rings is 2. The molecule has 2 aromatic carbocycles. The Bertz CT molecular complexity index is 929. The molecule has 0 fully saturated rings. The summed E-state index contributed by atoms with van der Waals surface area (Å²) in [5, 5.41) is 9.21. The Hall–Kier alpha value is -3.25. The number of hydrogen-bond acceptors (Lipinski definition) is 5. The van der Waals surface area contributed by atoms with E-state index in [2.05, 4.69) is 17.1 Å². The van der Waals surface area contributed by atoms with Gasteiger partial charge in [-0.1, -0.05) is 49.4 Å². The molecule has 0 saturated carbocycles. The van der Waals surface area contributed by atoms with Gasteiger partial charge in [0.1, 0.15) is 0 Å². The van der Waals surface area contributed by atoms with Crippen molar-refractivity contribution in [2.45, 2.75) is 38.8 Å². The Balaban J connectivity index is 1.98. The van der Waals surface area contributed by atoms with Crippen LogP contribution in [0.15, 0.2) is 66.9 Å². The highest BCUT2D eigenvalue weighted by molar-refractivity contribution is 5.68. The molecule has 1 heterocycles. The minimum Gasteiger partial charge on any atom is -0.481 e. The van der Waals surface area contributed by atoms with Crippen LogP contribution in [0.3, 0.4) is 0 Å². The molecule has 0 aliphatic carbocycles. The molecule has 6 heteroatoms. The monoisotopic (exact) mass is 390 g/mol. The number of anilines is 2. The molecule has 3 aromatic rings. The van der Waals surface area contributed by atoms with E-state index in [0.717, 1.165) is 22.5 Å². The summed E-state index contributed by atoms with van der Waals surface area (Å²) in [6.45, 7) is 3.06. The lowest BCUT2D eigenvalue weighted by molar-refractivity contribution is -0.137. The average Bonchev–Trinajstić information content (AvgIpc) is 2.76. The van der Waals surface area contributed by atoms with Gasteiger partial charge in [-0.15, -0.1) is 0 Å². The van der Waals surface area contributed by atoms with E-state index in [0.29, 0.717) is 25.5 Å². The Morgan fingerprint density at radius 3 is 2.41 bits per heavy atom. The van der Waals surface area contributed by atoms with Gasteiger partial charge in [0.2, 0.25) is 5.95 Å². The van der Waals surface area contributed by atoms with Gasteiger partial charge >= 0.3 is 5.97 Å². The van der Waals surface area contributed by atoms with Gasteiger partial charge in [-0.25, -0.2) is 9.97 Å². The first-order chi connectivity index (χ1) is 14.1. The summed E-state index contributed by atoms with van der Waals surface area (Å²) in [5.41, 5.74) is 9.61. The molecule has 0 bridgehead atoms. The maximum atomic E-state index is 11.2. The Morgan fingerprint density at radius 2 is 1.79 bits per heavy atom. The third-order valence-electron chi connectivity index (χ3n) is 4.91. The molecule has 150 valence electrons. The second kappa shape index (κ2) is 9.80. The molecule has 0 aliphatic rings. The summed E-state index contributed by atoms with van der Waals surface area (Å²) in [6, 6.07) is 19.9. The van der Waals surface area contributed by atoms with Crippen LogP contribution in [0, 0.1) is 0 Å². The molecule has 0 amide bonds. The van der Waals surface area contributed by atoms with Crippen LogP contribution < -0.4 is 10.6 Å². The summed E-state index contributed by atoms with van der Waals surface area (Å²) >= 11 is 0. The highest BCUT2D eigenvalue weighted by Crippen LogP contribution is 2.28. The largest absolute Gasteiger partial charge is 0.481 e. The van der Waals surface area contributed by atoms with Gasteiger partial charge < -0.3 is 15.7 Å². The molecule has 0 aliphatic heterocycles. The molecule has 0 saturated heterocycles. The minimum atomic E-state index is -0.824. The predicted octanol–water partition coefficient (Wildman–Crippen LogP) is 4.24. The number of hydrogen-bond donors (Lipinski definition) is 2. The number of nitrogens with two attached hydrogens (primary N) is 1. The van der Waals surface area contributed by atoms with Crippen molar-refractivity contribution in [1.82, 2.24) is 9.97 Å². The summed E-state index contributed by atoms with van der Waals surface area (Å²) in [6.07, 6.45) is 2.46. The second-order valence-corrected chi connectivity index (χ2v) is 6.93. The molecule has 3 rings (SSSR count). The zero-order valence-electron chi connectivity index (χ0n) is 16.5. The first kappa shape index (κ1) is 20.5. The third-order valence-corrected chi connectivity index (χ3v) is 4.91. The number of carboxylic acid groups (broad SMARTS) is 1. The third kappa shape index (κ3) is 5.39. The number of rotatable bonds is 9. The molecular formula is C23H26N4O2. The molecule has 3 N–H and O–H groups in total. The van der Waals surface area contributed by atoms with Crippen LogP contribution >= 0.6 is 0 Å². The Labute approximate surface area is 171 Å². The summed E-state index contributed by atoms with van der Waals surface area (Å²) in [7, 11) is 0. The van der Waals surface area contributed by atoms with Crippen molar-refractivity contribution in [2.75, 3.05) is 4.90 Å². The van der Waals surface area contributed by atoms with Crippen molar-refractivity contribution >= 4 is 17.6 Å². The van der Waals surface area contributed by atoms with Gasteiger partial charge in [0.25, 0.3) is 0 Å². The topological polar surface area (TPSA) is 92.3 Å². The van der Waals surface area contributed by atoms with E-state index >= 15 is 0 Å². The van der Waals surface area contributed by atoms with Crippen LogP contribution in [-0.2, 0) is 17.9 Å². The average molecular weight is 390 g/mol. The normalized spacial score (nSPS) is 11.8. The molecule has 0 radical (unpaired) electrons. The van der Waals surface area contributed by atoms with Crippen molar-refractivity contribution in [1.29, 1.82) is 0 Å². The van der Waals surface area contributed by atoms with Gasteiger partial charge in [0.05, 0.1) is 13.0 Å². The van der Waals surface area contributed by atoms with Gasteiger partial charge in [-0.3, -0.25) is 4.79 Å². The van der Waals surface area contributed by atoms with Crippen LogP contribution in [0.2, 0.25) is 0 Å². The van der Waals surface area contributed by atoms with E-state index in [9.17, 15) is 9.90 Å². The first-order valence-electron chi connectivity index (χ1n) is 9.76. The van der Waals surface area contributed by atoms with Gasteiger partial charge in [-0.05, 0) is 35.7 Å². The number of carbonyl (C=O) groups is 1. The number of carboxylic acids is 1. The second-order valence-electron chi connectivity index (χ2n) is 6.93. The molecule has 29 heavy (non-hydrogen) atoms. The zero-order chi connectivity index (χ0) is 20.6. The van der Waals surface area contributed by atoms with E-state index in [1.807, 2.05) is 54.3 Å². The van der Waals surface area contributed by atoms with Crippen LogP contribution in [0.5, 0.6) is 0 Å². The SMILES string of the molecule is CCC(CC(=O)O)c1ccnc(N(Cc2ccccc2)c2ccc(CN)cc2)n1. The molecular weight excluding hydrogens is 364 g/mol. The number of nitrogens with zero attached hydrogens (tertiary/aromatic N) is 3. The van der Waals surface area contributed by atoms with E-state index in [1.165, 1.54) is 0 Å². The summed E-state index contributed by atoms with van der Waals surface area (Å²) < 4.78 is 0. The lowest BCUT2D eigenvalue weighted by atomic mass is 9.98. The standard InChI is InChI=1S/C23H26N4O2/c1-2-19(14-22(28)29)21-12-13-25-23(26-21)27(16-18-6-4-3-5-7-18)20-10-8-17(15-24)9-11-20/h3-13,19H,2,14-16,24H2,1H3,(H,28,29). The fraction of sp³-hybridized carbons (Fsp3) is 0.261. The van der Waals surface area contributed by atoms with Gasteiger partial charge in [-0.2, -0.15) is 0 Å². The van der Waals surface area contributed by atoms with Crippen LogP contribution in [0.1, 0.15) is 42.5 Å². The van der Waals surface area contributed by atoms with Crippen molar-refractivity contribution in [3.8, 4) is 0 Å². The lowest BCUT2D eigenvalue weighted by Crippen LogP contribution is -2.20. The van der Waals surface area contributed by atoms with Crippen molar-refractivity contribution in [3.05, 3.63) is 83.7 Å². The number of aromatic nitrogens is 2. The Morgan fingerprint density at radius 1 is 1.07 bits per heavy atom. The summed E-state index contributed by atoms with van der Waals surface area (Å²) in [4.78, 5) is 22.5. The fourth-order valence-corrected chi connectivity index (χ4v) is 3.24. The molecule has 6 nitrogen and oxygen atoms in total. The molecule has 0 spiro atoms. The zero-order valence-corrected chi connectivity index (χ0v) is 16.5. The smallest absolute Gasteiger partial charge is 0.304 e. The highest BCUT2D eigenvalue weighted by Gasteiger charge is 2.19. The number of aliphatic carboxylic acids is 1. The van der Waals surface area contributed by atoms with Gasteiger partial charge in [0.15, 0.2) is 0 Å². The van der Waals surface area contributed by atoms with Crippen molar-refractivity contribution in [2.24, 2.45) is 5.73 Å². The highest BCUT2D eigenvalue weighted by atomic mass is 16.4. The fourth-order valence-electron chi connectivity index (χ4n) is 3.24. The molecule has 1 unspecified atom stereocenters. The Kier molecular flexibility index (Phi) is 6.92. The minimum absolute atomic E-state index is 0.0524. The molecule has 1 atom stereocenters. The van der Waals surface area contributed by atoms with E-state index in [1.54, 1.807) is 12.3 Å². The van der Waals surface area contributed by atoms with E-state index in [4.69, 9.17) is 10.7 Å². The quantitative estimate of drug-likeness (QED) is 0.568. The van der Waals surface area contributed by atoms with Crippen LogP contribution in [0.25, 0.3) is 0 Å².